The van der Waals surface area contributed by atoms with Crippen LogP contribution in [0.3, 0.4) is 0 Å². The summed E-state index contributed by atoms with van der Waals surface area (Å²) < 4.78 is 3.96. The van der Waals surface area contributed by atoms with E-state index in [2.05, 4.69) is 70.0 Å². The van der Waals surface area contributed by atoms with Crippen molar-refractivity contribution in [3.63, 3.8) is 0 Å². The van der Waals surface area contributed by atoms with Crippen molar-refractivity contribution in [2.24, 2.45) is 0 Å². The topological polar surface area (TPSA) is 69.6 Å². The molecule has 1 aromatic carbocycles. The van der Waals surface area contributed by atoms with Gasteiger partial charge < -0.3 is 0 Å². The fourth-order valence-corrected chi connectivity index (χ4v) is 8.32. The van der Waals surface area contributed by atoms with Crippen LogP contribution in [0.5, 0.6) is 0 Å². The van der Waals surface area contributed by atoms with Gasteiger partial charge in [-0.2, -0.15) is 0 Å². The summed E-state index contributed by atoms with van der Waals surface area (Å²) in [6.45, 7) is 7.92. The van der Waals surface area contributed by atoms with Crippen LogP contribution in [0, 0.1) is 3.57 Å². The zero-order valence-corrected chi connectivity index (χ0v) is 22.4. The fourth-order valence-electron chi connectivity index (χ4n) is 3.21. The van der Waals surface area contributed by atoms with Gasteiger partial charge in [0.25, 0.3) is 0 Å². The molecule has 0 amide bonds. The maximum atomic E-state index is 6.11. The predicted molar refractivity (Wildman–Crippen MR) is 132 cm³/mol. The first-order valence-electron chi connectivity index (χ1n) is 9.60. The Morgan fingerprint density at radius 3 is 2.93 bits per heavy atom. The van der Waals surface area contributed by atoms with Crippen LogP contribution in [0.25, 0.3) is 11.2 Å². The Bertz CT molecular complexity index is 1050. The molecule has 0 fully saturated rings. The van der Waals surface area contributed by atoms with Crippen LogP contribution < -0.4 is 5.73 Å². The van der Waals surface area contributed by atoms with Crippen molar-refractivity contribution in [1.29, 1.82) is 0 Å². The summed E-state index contributed by atoms with van der Waals surface area (Å²) in [6, 6.07) is 4.65. The van der Waals surface area contributed by atoms with Gasteiger partial charge in [-0.25, -0.2) is 0 Å². The van der Waals surface area contributed by atoms with Crippen LogP contribution in [0.2, 0.25) is 9.41 Å². The number of nitrogen functional groups attached to an aromatic ring is 1. The van der Waals surface area contributed by atoms with Gasteiger partial charge in [0.15, 0.2) is 0 Å². The number of nitrogens with two attached hydrogens (primary N) is 1. The predicted octanol–water partition coefficient (Wildman–Crippen LogP) is 5.54. The molecular weight excluding hydrogens is 576 g/mol. The molecule has 0 unspecified atom stereocenters. The van der Waals surface area contributed by atoms with Gasteiger partial charge in [0.1, 0.15) is 0 Å². The van der Waals surface area contributed by atoms with Gasteiger partial charge in [-0.1, -0.05) is 0 Å². The number of benzene rings is 1. The van der Waals surface area contributed by atoms with E-state index < -0.39 is 0 Å². The van der Waals surface area contributed by atoms with Crippen LogP contribution in [-0.2, 0) is 13.0 Å². The number of anilines is 1. The van der Waals surface area contributed by atoms with Crippen molar-refractivity contribution >= 4 is 78.8 Å². The third-order valence-corrected chi connectivity index (χ3v) is 11.1. The monoisotopic (exact) mass is 600 g/mol. The first kappa shape index (κ1) is 21.8. The van der Waals surface area contributed by atoms with E-state index in [1.165, 1.54) is 29.9 Å². The van der Waals surface area contributed by atoms with Gasteiger partial charge in [-0.05, 0) is 0 Å². The Morgan fingerprint density at radius 2 is 2.14 bits per heavy atom. The van der Waals surface area contributed by atoms with Crippen molar-refractivity contribution in [1.82, 2.24) is 19.5 Å². The normalized spacial score (nSPS) is 14.3. The van der Waals surface area contributed by atoms with E-state index in [9.17, 15) is 0 Å². The Hall–Kier alpha value is -0.442. The molecule has 3 aromatic rings. The van der Waals surface area contributed by atoms with Gasteiger partial charge >= 0.3 is 202 Å². The number of aryl methyl sites for hydroxylation is 2. The first-order valence-corrected chi connectivity index (χ1v) is 14.7. The number of nitrogens with zero attached hydrogens (tertiary/aromatic N) is 4. The third-order valence-electron chi connectivity index (χ3n) is 4.60. The van der Waals surface area contributed by atoms with Gasteiger partial charge in [0, 0.05) is 0 Å². The number of halogens is 1. The molecule has 3 heterocycles. The third kappa shape index (κ3) is 5.08. The second-order valence-electron chi connectivity index (χ2n) is 7.97. The second-order valence-corrected chi connectivity index (χ2v) is 15.7. The molecule has 1 aliphatic rings. The summed E-state index contributed by atoms with van der Waals surface area (Å²) in [6.07, 6.45) is 3.83. The molecule has 1 aliphatic heterocycles. The van der Waals surface area contributed by atoms with E-state index in [-0.39, 0.29) is 0 Å². The van der Waals surface area contributed by atoms with E-state index in [1.807, 2.05) is 11.8 Å². The van der Waals surface area contributed by atoms with Crippen LogP contribution in [-0.4, -0.2) is 41.0 Å². The minimum atomic E-state index is 0.330. The average molecular weight is 600 g/mol. The standard InChI is InChI=1S/C20H24AsIN5S2/c1-20(2,3)21-6-4-7-27-18-16(17(23)24-11-25-18)26-19(27)29-15-9-12-5-8-28-14(12)10-13(15)22/h9-11H,4-8H2,1-3H3,(H2,23,24,25). The molecule has 0 atom stereocenters. The molecular formula is C20H24AsIN5S2. The minimum absolute atomic E-state index is 0.330. The summed E-state index contributed by atoms with van der Waals surface area (Å²) in [7, 11) is 0. The molecule has 29 heavy (non-hydrogen) atoms. The summed E-state index contributed by atoms with van der Waals surface area (Å²) >= 11 is 6.45. The molecule has 0 spiro atoms. The zero-order valence-electron chi connectivity index (χ0n) is 16.8. The van der Waals surface area contributed by atoms with Crippen LogP contribution in [0.15, 0.2) is 33.4 Å². The van der Waals surface area contributed by atoms with E-state index in [0.29, 0.717) is 31.3 Å². The number of hydrogen-bond donors (Lipinski definition) is 1. The summed E-state index contributed by atoms with van der Waals surface area (Å²) in [5.41, 5.74) is 9.12. The van der Waals surface area contributed by atoms with Crippen molar-refractivity contribution < 1.29 is 0 Å². The molecule has 2 aromatic heterocycles. The van der Waals surface area contributed by atoms with Crippen LogP contribution in [0.4, 0.5) is 5.82 Å². The van der Waals surface area contributed by atoms with Gasteiger partial charge in [0.2, 0.25) is 0 Å². The second kappa shape index (κ2) is 8.97. The molecule has 4 rings (SSSR count). The van der Waals surface area contributed by atoms with Gasteiger partial charge in [-0.15, -0.1) is 0 Å². The molecule has 9 heteroatoms. The maximum absolute atomic E-state index is 6.11. The molecule has 0 saturated carbocycles. The van der Waals surface area contributed by atoms with Gasteiger partial charge in [0.05, 0.1) is 0 Å². The summed E-state index contributed by atoms with van der Waals surface area (Å²) in [5, 5.41) is 2.24. The number of thioether (sulfide) groups is 1. The average Bonchev–Trinajstić information content (AvgIpc) is 3.23. The molecule has 0 saturated heterocycles. The Kier molecular flexibility index (Phi) is 6.73. The molecule has 0 aliphatic carbocycles. The number of hydrogen-bond acceptors (Lipinski definition) is 6. The Balaban J connectivity index is 1.64. The van der Waals surface area contributed by atoms with Crippen LogP contribution in [0.1, 0.15) is 32.8 Å². The first-order chi connectivity index (χ1) is 13.8. The molecule has 2 N–H and O–H groups in total. The summed E-state index contributed by atoms with van der Waals surface area (Å²) in [4.78, 5) is 16.2. The zero-order chi connectivity index (χ0) is 20.6. The van der Waals surface area contributed by atoms with Crippen molar-refractivity contribution in [3.05, 3.63) is 27.6 Å². The van der Waals surface area contributed by atoms with Crippen molar-refractivity contribution in [3.8, 4) is 0 Å². The molecule has 0 bridgehead atoms. The van der Waals surface area contributed by atoms with E-state index in [0.717, 1.165) is 30.2 Å². The van der Waals surface area contributed by atoms with E-state index in [1.54, 1.807) is 18.1 Å². The number of aromatic nitrogens is 4. The number of imidazole rings is 1. The summed E-state index contributed by atoms with van der Waals surface area (Å²) in [5.74, 6) is 1.64. The van der Waals surface area contributed by atoms with Crippen LogP contribution >= 0.6 is 46.1 Å². The van der Waals surface area contributed by atoms with E-state index in [4.69, 9.17) is 10.7 Å². The van der Waals surface area contributed by atoms with Gasteiger partial charge in [-0.3, -0.25) is 0 Å². The molecule has 5 nitrogen and oxygen atoms in total. The molecule has 153 valence electrons. The SMILES string of the molecule is CC(C)(C)[As]CCCn1c(Sc2cc3c(cc2I)SCC3)nc2c(N)ncnc21. The number of fused-ring (bicyclic) bond motifs is 2. The molecule has 1 radical (unpaired) electrons. The fraction of sp³-hybridized carbons (Fsp3) is 0.450. The number of rotatable bonds is 6. The Labute approximate surface area is 200 Å². The van der Waals surface area contributed by atoms with Crippen molar-refractivity contribution in [2.75, 3.05) is 11.5 Å². The van der Waals surface area contributed by atoms with Crippen molar-refractivity contribution in [2.45, 2.75) is 64.5 Å². The Morgan fingerprint density at radius 1 is 1.31 bits per heavy atom. The van der Waals surface area contributed by atoms with E-state index >= 15 is 0 Å². The quantitative estimate of drug-likeness (QED) is 0.228.